The number of fused-ring (bicyclic) bond motifs is 2. The van der Waals surface area contributed by atoms with Gasteiger partial charge in [0, 0.05) is 74.4 Å². The number of aryl methyl sites for hydroxylation is 1. The number of hydrogen-bond acceptors (Lipinski definition) is 23. The summed E-state index contributed by atoms with van der Waals surface area (Å²) in [7, 11) is 4.73. The molecule has 8 aromatic rings. The van der Waals surface area contributed by atoms with Gasteiger partial charge in [0.2, 0.25) is 23.0 Å². The van der Waals surface area contributed by atoms with Crippen molar-refractivity contribution >= 4 is 171 Å². The van der Waals surface area contributed by atoms with Gasteiger partial charge >= 0.3 is 29.6 Å². The molecule has 0 radical (unpaired) electrons. The SMILES string of the molecule is C=CC(=O)Cl.C=CC(=O)Nc1cc(Nc2ncc(Br)c(Nc3ccc4nccnc4c3P(C)(C)=O)n2)ccc1CCCN(C)C.CN(C)CCN(C)c1ccc(Nc2ncc(Br)c(Nc3ccc4nccnc4c3P(C)(C)=O)n2)cc1N.O=CO[O-].[Na+]. The summed E-state index contributed by atoms with van der Waals surface area (Å²) in [5, 5.41) is 25.1. The summed E-state index contributed by atoms with van der Waals surface area (Å²) in [5.41, 5.74) is 15.0. The van der Waals surface area contributed by atoms with Gasteiger partial charge in [-0.15, -0.1) is 0 Å². The van der Waals surface area contributed by atoms with E-state index in [-0.39, 0.29) is 41.9 Å². The third-order valence-electron chi connectivity index (χ3n) is 11.9. The number of carbonyl (C=O) groups is 3. The molecule has 4 heterocycles. The Labute approximate surface area is 549 Å². The molecular weight excluding hydrogens is 1310 g/mol. The van der Waals surface area contributed by atoms with Gasteiger partial charge in [0.05, 0.1) is 53.3 Å². The predicted octanol–water partition coefficient (Wildman–Crippen LogP) is 6.41. The van der Waals surface area contributed by atoms with Crippen LogP contribution in [0.15, 0.2) is 132 Å². The molecule has 0 saturated carbocycles. The van der Waals surface area contributed by atoms with Gasteiger partial charge in [-0.05, 0) is 190 Å². The second-order valence-electron chi connectivity index (χ2n) is 19.9. The molecule has 0 fully saturated rings. The van der Waals surface area contributed by atoms with Gasteiger partial charge in [0.15, 0.2) is 0 Å². The number of benzene rings is 4. The van der Waals surface area contributed by atoms with Crippen molar-refractivity contribution in [3.63, 3.8) is 0 Å². The molecule has 0 aliphatic heterocycles. The van der Waals surface area contributed by atoms with Crippen LogP contribution < -0.4 is 82.6 Å². The van der Waals surface area contributed by atoms with E-state index in [1.165, 1.54) is 6.08 Å². The smallest absolute Gasteiger partial charge is 0.662 e. The van der Waals surface area contributed by atoms with Crippen molar-refractivity contribution in [2.75, 3.05) is 119 Å². The number of likely N-dealkylation sites (N-methyl/N-ethyl adjacent to an activating group) is 2. The van der Waals surface area contributed by atoms with E-state index in [0.717, 1.165) is 55.5 Å². The molecule has 454 valence electrons. The number of allylic oxidation sites excluding steroid dienone is 1. The Bertz CT molecular complexity index is 3810. The topological polar surface area (TPSA) is 317 Å². The number of aromatic nitrogens is 8. The van der Waals surface area contributed by atoms with Gasteiger partial charge in [-0.3, -0.25) is 34.3 Å². The summed E-state index contributed by atoms with van der Waals surface area (Å²) in [5.74, 6) is 1.44. The number of nitrogens with two attached hydrogens (primary N) is 1. The number of anilines is 11. The number of nitrogen functional groups attached to an aromatic ring is 1. The summed E-state index contributed by atoms with van der Waals surface area (Å²) in [6.45, 7) is 16.0. The van der Waals surface area contributed by atoms with E-state index in [2.05, 4.69) is 131 Å². The normalized spacial score (nSPS) is 10.8. The zero-order chi connectivity index (χ0) is 63.3. The van der Waals surface area contributed by atoms with Gasteiger partial charge in [-0.1, -0.05) is 19.2 Å². The number of halogens is 3. The average Bonchev–Trinajstić information content (AvgIpc) is 2.61. The van der Waals surface area contributed by atoms with Gasteiger partial charge < -0.3 is 66.3 Å². The van der Waals surface area contributed by atoms with Gasteiger partial charge in [0.25, 0.3) is 6.47 Å². The maximum atomic E-state index is 13.3. The van der Waals surface area contributed by atoms with E-state index >= 15 is 0 Å². The summed E-state index contributed by atoms with van der Waals surface area (Å²) >= 11 is 11.7. The van der Waals surface area contributed by atoms with Crippen molar-refractivity contribution < 1.29 is 63.2 Å². The fourth-order valence-electron chi connectivity index (χ4n) is 8.09. The van der Waals surface area contributed by atoms with Crippen LogP contribution in [0, 0.1) is 0 Å². The van der Waals surface area contributed by atoms with Crippen LogP contribution in [-0.4, -0.2) is 149 Å². The Hall–Kier alpha value is -6.80. The summed E-state index contributed by atoms with van der Waals surface area (Å²) < 4.78 is 27.8. The standard InChI is InChI=1S/C28H32BrN8O2P.C25H31BrN9OP.C3H3ClO.CH2O3.Na/c1-6-24(38)34-23-16-19(10-9-18(23)8-7-15-37(2)3)33-28-32-17-20(29)27(36-28)35-22-12-11-21-25(31-14-13-30-21)26(22)40(4,5)39;1-34(2)12-13-35(3)21-9-6-16(14-18(21)27)31-25-30-15-17(26)24(33-25)32-20-8-7-19-22(29-11-10-28-19)23(20)37(4,5)36;1-2-3(4)5;2-1-4-3;/h6,9-14,16-17H,1,7-8,15H2,2-5H3,(H,34,38)(H2,32,33,35,36);6-11,14-15H,12-13,27H2,1-5H3,(H2,30,31,32,33);2H,1H2;1,3H;/q;;;;+1/p-1. The van der Waals surface area contributed by atoms with Crippen molar-refractivity contribution in [2.45, 2.75) is 12.8 Å². The maximum Gasteiger partial charge on any atom is 1.00 e. The molecule has 8 rings (SSSR count). The Morgan fingerprint density at radius 1 is 0.667 bits per heavy atom. The van der Waals surface area contributed by atoms with Gasteiger partial charge in [-0.25, -0.2) is 9.97 Å². The van der Waals surface area contributed by atoms with E-state index < -0.39 is 19.5 Å². The number of carbonyl (C=O) groups excluding carboxylic acids is 3. The van der Waals surface area contributed by atoms with E-state index in [9.17, 15) is 18.7 Å². The Morgan fingerprint density at radius 2 is 1.13 bits per heavy atom. The van der Waals surface area contributed by atoms with E-state index in [4.69, 9.17) is 27.4 Å². The fraction of sp³-hybridized carbons (Fsp3) is 0.246. The minimum Gasteiger partial charge on any atom is -0.662 e. The van der Waals surface area contributed by atoms with E-state index in [0.29, 0.717) is 93.6 Å². The zero-order valence-electron chi connectivity index (χ0n) is 49.8. The van der Waals surface area contributed by atoms with Crippen molar-refractivity contribution in [3.05, 3.63) is 138 Å². The first-order chi connectivity index (χ1) is 40.8. The molecule has 0 atom stereocenters. The molecule has 4 aromatic heterocycles. The van der Waals surface area contributed by atoms with Gasteiger partial charge in [0.1, 0.15) is 37.0 Å². The Balaban J connectivity index is 0.000000324. The predicted molar refractivity (Wildman–Crippen MR) is 353 cm³/mol. The number of hydrogen-bond donors (Lipinski definition) is 6. The second-order valence-corrected chi connectivity index (χ2v) is 28.3. The third-order valence-corrected chi connectivity index (χ3v) is 16.3. The largest absolute Gasteiger partial charge is 1.00 e. The second kappa shape index (κ2) is 34.7. The van der Waals surface area contributed by atoms with Crippen LogP contribution in [0.1, 0.15) is 12.0 Å². The molecule has 0 aliphatic rings. The maximum absolute atomic E-state index is 13.3. The van der Waals surface area contributed by atoms with Crippen LogP contribution in [0.3, 0.4) is 0 Å². The summed E-state index contributed by atoms with van der Waals surface area (Å²) in [6, 6.07) is 18.9. The first-order valence-electron chi connectivity index (χ1n) is 26.0. The third kappa shape index (κ3) is 22.4. The summed E-state index contributed by atoms with van der Waals surface area (Å²) in [4.78, 5) is 74.9. The monoisotopic (exact) mass is 1380 g/mol. The van der Waals surface area contributed by atoms with Crippen LogP contribution in [0.4, 0.5) is 63.3 Å². The molecule has 0 aliphatic carbocycles. The fourth-order valence-corrected chi connectivity index (χ4v) is 11.5. The molecule has 0 unspecified atom stereocenters. The van der Waals surface area contributed by atoms with Crippen molar-refractivity contribution in [1.82, 2.24) is 49.7 Å². The molecule has 0 saturated heterocycles. The van der Waals surface area contributed by atoms with Crippen LogP contribution in [0.5, 0.6) is 0 Å². The Morgan fingerprint density at radius 3 is 1.55 bits per heavy atom. The molecule has 4 aromatic carbocycles. The number of nitrogens with zero attached hydrogens (tertiary/aromatic N) is 11. The van der Waals surface area contributed by atoms with Crippen LogP contribution in [0.25, 0.3) is 22.1 Å². The molecule has 1 amide bonds. The van der Waals surface area contributed by atoms with Crippen LogP contribution in [0.2, 0.25) is 0 Å². The van der Waals surface area contributed by atoms with Gasteiger partial charge in [-0.2, -0.15) is 9.97 Å². The van der Waals surface area contributed by atoms with Crippen molar-refractivity contribution in [1.29, 1.82) is 0 Å². The zero-order valence-corrected chi connectivity index (χ0v) is 57.5. The minimum atomic E-state index is -2.74. The number of rotatable bonds is 22. The molecule has 30 heteroatoms. The molecule has 7 N–H and O–H groups in total. The molecule has 87 heavy (non-hydrogen) atoms. The van der Waals surface area contributed by atoms with E-state index in [1.807, 2.05) is 95.9 Å². The molecule has 0 spiro atoms. The summed E-state index contributed by atoms with van der Waals surface area (Å²) in [6.07, 6.45) is 13.8. The first kappa shape index (κ1) is 72.7. The molecule has 0 bridgehead atoms. The van der Waals surface area contributed by atoms with Crippen molar-refractivity contribution in [2.24, 2.45) is 0 Å². The average molecular weight is 1380 g/mol. The van der Waals surface area contributed by atoms with Crippen LogP contribution >= 0.6 is 57.7 Å². The first-order valence-corrected chi connectivity index (χ1v) is 33.2. The Kier molecular flexibility index (Phi) is 29.0. The quantitative estimate of drug-likeness (QED) is 0.00624. The minimum absolute atomic E-state index is 0. The number of amides is 1. The van der Waals surface area contributed by atoms with Crippen molar-refractivity contribution in [3.8, 4) is 0 Å². The van der Waals surface area contributed by atoms with E-state index in [1.54, 1.807) is 63.8 Å². The van der Waals surface area contributed by atoms with Crippen LogP contribution in [-0.2, 0) is 34.8 Å². The molecule has 24 nitrogen and oxygen atoms in total. The number of nitrogens with one attached hydrogen (secondary N) is 5. The molecular formula is C57H67Br2ClN17NaO7P2.